The summed E-state index contributed by atoms with van der Waals surface area (Å²) in [4.78, 5) is 27.1. The predicted molar refractivity (Wildman–Crippen MR) is 66.3 cm³/mol. The molecular formula is C12H23N3O2. The minimum absolute atomic E-state index is 0.00722. The van der Waals surface area contributed by atoms with Crippen LogP contribution in [0.15, 0.2) is 0 Å². The number of amides is 2. The molecule has 1 fully saturated rings. The third-order valence-electron chi connectivity index (χ3n) is 3.53. The topological polar surface area (TPSA) is 66.6 Å². The Morgan fingerprint density at radius 1 is 1.47 bits per heavy atom. The molecule has 0 saturated carbocycles. The van der Waals surface area contributed by atoms with Gasteiger partial charge < -0.3 is 15.5 Å². The maximum absolute atomic E-state index is 12.1. The Balaban J connectivity index is 2.65. The molecule has 0 radical (unpaired) electrons. The molecule has 0 bridgehead atoms. The lowest BCUT2D eigenvalue weighted by Gasteiger charge is -2.26. The number of carbonyl (C=O) groups is 2. The predicted octanol–water partition coefficient (Wildman–Crippen LogP) is 0.0505. The largest absolute Gasteiger partial charge is 0.344 e. The summed E-state index contributed by atoms with van der Waals surface area (Å²) in [7, 11) is 1.77. The van der Waals surface area contributed by atoms with Crippen LogP contribution in [-0.2, 0) is 9.59 Å². The summed E-state index contributed by atoms with van der Waals surface area (Å²) in [5.74, 6) is 0.0498. The summed E-state index contributed by atoms with van der Waals surface area (Å²) in [5, 5.41) is 0. The molecule has 0 aromatic carbocycles. The number of carbonyl (C=O) groups excluding carboxylic acids is 2. The molecule has 1 aliphatic heterocycles. The molecule has 2 amide bonds. The number of hydrogen-bond donors (Lipinski definition) is 1. The van der Waals surface area contributed by atoms with Crippen LogP contribution in [0.5, 0.6) is 0 Å². The van der Waals surface area contributed by atoms with Gasteiger partial charge in [-0.05, 0) is 12.3 Å². The van der Waals surface area contributed by atoms with Crippen molar-refractivity contribution in [3.8, 4) is 0 Å². The van der Waals surface area contributed by atoms with Crippen molar-refractivity contribution in [1.29, 1.82) is 0 Å². The Bertz CT molecular complexity index is 293. The average Bonchev–Trinajstić information content (AvgIpc) is 2.49. The van der Waals surface area contributed by atoms with Gasteiger partial charge >= 0.3 is 0 Å². The van der Waals surface area contributed by atoms with E-state index in [-0.39, 0.29) is 24.3 Å². The highest BCUT2D eigenvalue weighted by Crippen LogP contribution is 2.11. The van der Waals surface area contributed by atoms with Crippen LogP contribution in [0.1, 0.15) is 26.7 Å². The van der Waals surface area contributed by atoms with Crippen LogP contribution in [0.4, 0.5) is 0 Å². The lowest BCUT2D eigenvalue weighted by atomic mass is 9.99. The van der Waals surface area contributed by atoms with Gasteiger partial charge in [0.05, 0.1) is 12.6 Å². The fourth-order valence-corrected chi connectivity index (χ4v) is 1.88. The van der Waals surface area contributed by atoms with E-state index < -0.39 is 6.04 Å². The smallest absolute Gasteiger partial charge is 0.241 e. The summed E-state index contributed by atoms with van der Waals surface area (Å²) in [6.45, 7) is 5.48. The molecule has 0 aromatic heterocycles. The molecule has 1 heterocycles. The summed E-state index contributed by atoms with van der Waals surface area (Å²) >= 11 is 0. The van der Waals surface area contributed by atoms with E-state index in [1.807, 2.05) is 13.8 Å². The quantitative estimate of drug-likeness (QED) is 0.759. The Kier molecular flexibility index (Phi) is 4.93. The van der Waals surface area contributed by atoms with Crippen molar-refractivity contribution in [1.82, 2.24) is 9.80 Å². The first kappa shape index (κ1) is 14.0. The minimum Gasteiger partial charge on any atom is -0.344 e. The van der Waals surface area contributed by atoms with Crippen LogP contribution >= 0.6 is 0 Å². The van der Waals surface area contributed by atoms with E-state index in [0.717, 1.165) is 12.8 Å². The zero-order valence-electron chi connectivity index (χ0n) is 11.0. The van der Waals surface area contributed by atoms with Gasteiger partial charge in [0.2, 0.25) is 11.8 Å². The van der Waals surface area contributed by atoms with Crippen molar-refractivity contribution in [2.24, 2.45) is 11.7 Å². The van der Waals surface area contributed by atoms with Crippen molar-refractivity contribution in [3.05, 3.63) is 0 Å². The van der Waals surface area contributed by atoms with E-state index in [9.17, 15) is 9.59 Å². The fourth-order valence-electron chi connectivity index (χ4n) is 1.88. The third-order valence-corrected chi connectivity index (χ3v) is 3.53. The van der Waals surface area contributed by atoms with Crippen LogP contribution in [0.3, 0.4) is 0 Å². The molecule has 0 aliphatic carbocycles. The monoisotopic (exact) mass is 241 g/mol. The van der Waals surface area contributed by atoms with E-state index in [4.69, 9.17) is 5.73 Å². The minimum atomic E-state index is -0.490. The molecule has 2 atom stereocenters. The first-order valence-electron chi connectivity index (χ1n) is 6.25. The van der Waals surface area contributed by atoms with Gasteiger partial charge in [-0.2, -0.15) is 0 Å². The van der Waals surface area contributed by atoms with E-state index in [1.165, 1.54) is 0 Å². The highest BCUT2D eigenvalue weighted by atomic mass is 16.2. The van der Waals surface area contributed by atoms with Crippen LogP contribution in [-0.4, -0.2) is 54.3 Å². The second-order valence-electron chi connectivity index (χ2n) is 4.84. The van der Waals surface area contributed by atoms with E-state index >= 15 is 0 Å². The van der Waals surface area contributed by atoms with Crippen molar-refractivity contribution >= 4 is 11.8 Å². The second-order valence-corrected chi connectivity index (χ2v) is 4.84. The number of nitrogens with zero attached hydrogens (tertiary/aromatic N) is 2. The van der Waals surface area contributed by atoms with Gasteiger partial charge in [0.25, 0.3) is 0 Å². The standard InChI is InChI=1S/C12H23N3O2/c1-4-9(2)11(13)12(17)15-7-5-6-14(3)10(16)8-15/h9,11H,4-8,13H2,1-3H3/t9-,11-/m0/s1. The Labute approximate surface area is 103 Å². The summed E-state index contributed by atoms with van der Waals surface area (Å²) < 4.78 is 0. The maximum Gasteiger partial charge on any atom is 0.241 e. The van der Waals surface area contributed by atoms with Gasteiger partial charge in [0.15, 0.2) is 0 Å². The molecular weight excluding hydrogens is 218 g/mol. The highest BCUT2D eigenvalue weighted by molar-refractivity contribution is 5.87. The van der Waals surface area contributed by atoms with E-state index in [0.29, 0.717) is 13.1 Å². The SMILES string of the molecule is CC[C@H](C)[C@H](N)C(=O)N1CCCN(C)C(=O)C1. The fraction of sp³-hybridized carbons (Fsp3) is 0.833. The first-order valence-corrected chi connectivity index (χ1v) is 6.25. The number of nitrogens with two attached hydrogens (primary N) is 1. The molecule has 0 spiro atoms. The second kappa shape index (κ2) is 6.00. The molecule has 1 rings (SSSR count). The Morgan fingerprint density at radius 3 is 2.71 bits per heavy atom. The Morgan fingerprint density at radius 2 is 2.12 bits per heavy atom. The lowest BCUT2D eigenvalue weighted by molar-refractivity contribution is -0.139. The molecule has 1 saturated heterocycles. The van der Waals surface area contributed by atoms with Gasteiger partial charge in [0, 0.05) is 20.1 Å². The van der Waals surface area contributed by atoms with E-state index in [2.05, 4.69) is 0 Å². The van der Waals surface area contributed by atoms with Crippen LogP contribution in [0, 0.1) is 5.92 Å². The zero-order valence-corrected chi connectivity index (χ0v) is 11.0. The molecule has 0 aromatic rings. The maximum atomic E-state index is 12.1. The zero-order chi connectivity index (χ0) is 13.0. The molecule has 2 N–H and O–H groups in total. The molecule has 0 unspecified atom stereocenters. The van der Waals surface area contributed by atoms with Gasteiger partial charge in [-0.15, -0.1) is 0 Å². The summed E-state index contributed by atoms with van der Waals surface area (Å²) in [6.07, 6.45) is 1.69. The molecule has 98 valence electrons. The van der Waals surface area contributed by atoms with Crippen molar-refractivity contribution in [2.75, 3.05) is 26.7 Å². The van der Waals surface area contributed by atoms with Crippen LogP contribution in [0.25, 0.3) is 0 Å². The van der Waals surface area contributed by atoms with Crippen molar-refractivity contribution in [3.63, 3.8) is 0 Å². The Hall–Kier alpha value is -1.10. The normalized spacial score (nSPS) is 21.1. The van der Waals surface area contributed by atoms with E-state index in [1.54, 1.807) is 16.8 Å². The molecule has 1 aliphatic rings. The third kappa shape index (κ3) is 3.43. The van der Waals surface area contributed by atoms with Crippen LogP contribution < -0.4 is 5.73 Å². The number of hydrogen-bond acceptors (Lipinski definition) is 3. The van der Waals surface area contributed by atoms with Gasteiger partial charge in [-0.25, -0.2) is 0 Å². The summed E-state index contributed by atoms with van der Waals surface area (Å²) in [6, 6.07) is -0.490. The first-order chi connectivity index (χ1) is 7.97. The molecule has 5 nitrogen and oxygen atoms in total. The number of likely N-dealkylation sites (N-methyl/N-ethyl adjacent to an activating group) is 1. The molecule has 5 heteroatoms. The average molecular weight is 241 g/mol. The van der Waals surface area contributed by atoms with Crippen molar-refractivity contribution in [2.45, 2.75) is 32.7 Å². The van der Waals surface area contributed by atoms with Gasteiger partial charge in [-0.3, -0.25) is 9.59 Å². The summed E-state index contributed by atoms with van der Waals surface area (Å²) in [5.41, 5.74) is 5.92. The highest BCUT2D eigenvalue weighted by Gasteiger charge is 2.28. The van der Waals surface area contributed by atoms with Gasteiger partial charge in [-0.1, -0.05) is 20.3 Å². The molecule has 17 heavy (non-hydrogen) atoms. The lowest BCUT2D eigenvalue weighted by Crippen LogP contribution is -2.49. The van der Waals surface area contributed by atoms with Crippen molar-refractivity contribution < 1.29 is 9.59 Å². The van der Waals surface area contributed by atoms with Gasteiger partial charge in [0.1, 0.15) is 0 Å². The number of rotatable bonds is 3. The van der Waals surface area contributed by atoms with Crippen LogP contribution in [0.2, 0.25) is 0 Å².